The Kier molecular flexibility index (Phi) is 3.83. The summed E-state index contributed by atoms with van der Waals surface area (Å²) in [6.07, 6.45) is 2.61. The summed E-state index contributed by atoms with van der Waals surface area (Å²) in [6.45, 7) is 1.12. The lowest BCUT2D eigenvalue weighted by atomic mass is 10.1. The van der Waals surface area contributed by atoms with Crippen LogP contribution in [-0.4, -0.2) is 25.9 Å². The van der Waals surface area contributed by atoms with Gasteiger partial charge >= 0.3 is 0 Å². The molecule has 2 aromatic carbocycles. The van der Waals surface area contributed by atoms with Crippen molar-refractivity contribution in [2.24, 2.45) is 0 Å². The van der Waals surface area contributed by atoms with E-state index < -0.39 is 0 Å². The maximum atomic E-state index is 12.3. The van der Waals surface area contributed by atoms with Crippen LogP contribution >= 0.6 is 0 Å². The predicted molar refractivity (Wildman–Crippen MR) is 89.2 cm³/mol. The Labute approximate surface area is 139 Å². The fourth-order valence-corrected chi connectivity index (χ4v) is 2.78. The van der Waals surface area contributed by atoms with Crippen LogP contribution in [-0.2, 0) is 11.2 Å². The lowest BCUT2D eigenvalue weighted by Gasteiger charge is -2.17. The third-order valence-corrected chi connectivity index (χ3v) is 4.06. The number of amides is 1. The second-order valence-electron chi connectivity index (χ2n) is 5.69. The van der Waals surface area contributed by atoms with Gasteiger partial charge in [0, 0.05) is 12.1 Å². The highest BCUT2D eigenvalue weighted by atomic mass is 16.7. The first-order valence-electron chi connectivity index (χ1n) is 7.89. The van der Waals surface area contributed by atoms with Crippen molar-refractivity contribution in [3.8, 4) is 17.2 Å². The number of benzene rings is 2. The van der Waals surface area contributed by atoms with E-state index in [1.165, 1.54) is 0 Å². The molecule has 0 spiro atoms. The largest absolute Gasteiger partial charge is 0.488 e. The first kappa shape index (κ1) is 14.6. The van der Waals surface area contributed by atoms with Gasteiger partial charge in [0.15, 0.2) is 11.5 Å². The summed E-state index contributed by atoms with van der Waals surface area (Å²) in [5.74, 6) is 2.25. The number of fused-ring (bicyclic) bond motifs is 2. The van der Waals surface area contributed by atoms with E-state index in [1.807, 2.05) is 48.5 Å². The fraction of sp³-hybridized carbons (Fsp3) is 0.211. The van der Waals surface area contributed by atoms with Gasteiger partial charge in [-0.25, -0.2) is 0 Å². The highest BCUT2D eigenvalue weighted by Crippen LogP contribution is 2.32. The highest BCUT2D eigenvalue weighted by Gasteiger charge is 2.17. The Morgan fingerprint density at radius 3 is 2.83 bits per heavy atom. The molecule has 1 N–H and O–H groups in total. The van der Waals surface area contributed by atoms with Crippen molar-refractivity contribution in [3.63, 3.8) is 0 Å². The molecule has 0 radical (unpaired) electrons. The van der Waals surface area contributed by atoms with Crippen molar-refractivity contribution >= 4 is 12.0 Å². The molecule has 0 saturated carbocycles. The topological polar surface area (TPSA) is 56.8 Å². The van der Waals surface area contributed by atoms with Gasteiger partial charge in [-0.05, 0) is 36.3 Å². The van der Waals surface area contributed by atoms with Gasteiger partial charge in [-0.3, -0.25) is 4.79 Å². The molecule has 0 unspecified atom stereocenters. The van der Waals surface area contributed by atoms with E-state index in [0.29, 0.717) is 18.7 Å². The van der Waals surface area contributed by atoms with Crippen LogP contribution in [0.5, 0.6) is 17.2 Å². The lowest BCUT2D eigenvalue weighted by Crippen LogP contribution is -2.30. The maximum absolute atomic E-state index is 12.3. The van der Waals surface area contributed by atoms with Gasteiger partial charge in [-0.15, -0.1) is 0 Å². The molecule has 0 aliphatic carbocycles. The monoisotopic (exact) mass is 323 g/mol. The summed E-state index contributed by atoms with van der Waals surface area (Å²) in [5, 5.41) is 2.94. The second-order valence-corrected chi connectivity index (χ2v) is 5.69. The van der Waals surface area contributed by atoms with Gasteiger partial charge < -0.3 is 19.5 Å². The van der Waals surface area contributed by atoms with Gasteiger partial charge in [-0.2, -0.15) is 0 Å². The summed E-state index contributed by atoms with van der Waals surface area (Å²) in [5.41, 5.74) is 2.67. The minimum absolute atomic E-state index is 0.0924. The Balaban J connectivity index is 1.35. The van der Waals surface area contributed by atoms with Gasteiger partial charge in [0.1, 0.15) is 12.4 Å². The van der Waals surface area contributed by atoms with Crippen LogP contribution in [0.3, 0.4) is 0 Å². The molecule has 0 fully saturated rings. The maximum Gasteiger partial charge on any atom is 0.250 e. The van der Waals surface area contributed by atoms with E-state index in [4.69, 9.17) is 14.2 Å². The van der Waals surface area contributed by atoms with Crippen LogP contribution in [0.15, 0.2) is 48.0 Å². The van der Waals surface area contributed by atoms with Crippen LogP contribution < -0.4 is 19.5 Å². The molecular weight excluding hydrogens is 306 g/mol. The van der Waals surface area contributed by atoms with Crippen molar-refractivity contribution in [3.05, 3.63) is 59.2 Å². The average Bonchev–Trinajstić information content (AvgIpc) is 3.09. The highest BCUT2D eigenvalue weighted by molar-refractivity contribution is 5.99. The third kappa shape index (κ3) is 2.93. The summed E-state index contributed by atoms with van der Waals surface area (Å²) >= 11 is 0. The van der Waals surface area contributed by atoms with Crippen molar-refractivity contribution in [1.29, 1.82) is 0 Å². The number of rotatable bonds is 4. The first-order valence-corrected chi connectivity index (χ1v) is 7.89. The summed E-state index contributed by atoms with van der Waals surface area (Å²) in [6, 6.07) is 13.5. The summed E-state index contributed by atoms with van der Waals surface area (Å²) in [4.78, 5) is 12.3. The number of carbonyl (C=O) groups is 1. The van der Waals surface area contributed by atoms with Gasteiger partial charge in [-0.1, -0.05) is 24.3 Å². The van der Waals surface area contributed by atoms with E-state index in [1.54, 1.807) is 0 Å². The number of nitrogens with one attached hydrogen (secondary N) is 1. The van der Waals surface area contributed by atoms with Crippen LogP contribution in [0.2, 0.25) is 0 Å². The molecule has 0 bridgehead atoms. The van der Waals surface area contributed by atoms with Crippen LogP contribution in [0.1, 0.15) is 11.1 Å². The smallest absolute Gasteiger partial charge is 0.250 e. The fourth-order valence-electron chi connectivity index (χ4n) is 2.78. The lowest BCUT2D eigenvalue weighted by molar-refractivity contribution is -0.117. The van der Waals surface area contributed by atoms with Crippen LogP contribution in [0.25, 0.3) is 6.08 Å². The quantitative estimate of drug-likeness (QED) is 0.939. The third-order valence-electron chi connectivity index (χ3n) is 4.06. The zero-order valence-corrected chi connectivity index (χ0v) is 13.1. The standard InChI is InChI=1S/C19H17NO4/c21-19(15-10-14-3-1-2-4-16(14)22-11-15)20-8-7-13-5-6-17-18(9-13)24-12-23-17/h1-6,9-10H,7-8,11-12H2,(H,20,21). The SMILES string of the molecule is O=C(NCCc1ccc2c(c1)OCO2)C1=Cc2ccccc2OC1. The molecule has 5 heteroatoms. The molecule has 1 amide bonds. The first-order chi connectivity index (χ1) is 11.8. The van der Waals surface area contributed by atoms with Gasteiger partial charge in [0.05, 0.1) is 5.57 Å². The number of ether oxygens (including phenoxy) is 3. The normalized spacial score (nSPS) is 14.4. The molecule has 2 aliphatic heterocycles. The second kappa shape index (κ2) is 6.28. The minimum atomic E-state index is -0.0924. The Morgan fingerprint density at radius 2 is 1.88 bits per heavy atom. The Morgan fingerprint density at radius 1 is 1.00 bits per heavy atom. The van der Waals surface area contributed by atoms with E-state index in [2.05, 4.69) is 5.32 Å². The zero-order chi connectivity index (χ0) is 16.4. The average molecular weight is 323 g/mol. The number of carbonyl (C=O) groups excluding carboxylic acids is 1. The molecule has 0 saturated heterocycles. The Hall–Kier alpha value is -2.95. The van der Waals surface area contributed by atoms with Crippen LogP contribution in [0, 0.1) is 0 Å². The number of hydrogen-bond donors (Lipinski definition) is 1. The van der Waals surface area contributed by atoms with Gasteiger partial charge in [0.25, 0.3) is 5.91 Å². The van der Waals surface area contributed by atoms with E-state index in [9.17, 15) is 4.79 Å². The predicted octanol–water partition coefficient (Wildman–Crippen LogP) is 2.55. The molecule has 4 rings (SSSR count). The number of hydrogen-bond acceptors (Lipinski definition) is 4. The molecule has 122 valence electrons. The molecule has 0 atom stereocenters. The molecule has 2 heterocycles. The van der Waals surface area contributed by atoms with E-state index in [-0.39, 0.29) is 12.7 Å². The molecule has 2 aliphatic rings. The minimum Gasteiger partial charge on any atom is -0.488 e. The van der Waals surface area contributed by atoms with E-state index >= 15 is 0 Å². The van der Waals surface area contributed by atoms with Crippen molar-refractivity contribution in [1.82, 2.24) is 5.32 Å². The van der Waals surface area contributed by atoms with Crippen molar-refractivity contribution < 1.29 is 19.0 Å². The summed E-state index contributed by atoms with van der Waals surface area (Å²) in [7, 11) is 0. The van der Waals surface area contributed by atoms with E-state index in [0.717, 1.165) is 34.8 Å². The molecular formula is C19H17NO4. The number of para-hydroxylation sites is 1. The van der Waals surface area contributed by atoms with Gasteiger partial charge in [0.2, 0.25) is 6.79 Å². The Bertz CT molecular complexity index is 813. The van der Waals surface area contributed by atoms with Crippen molar-refractivity contribution in [2.75, 3.05) is 19.9 Å². The molecule has 5 nitrogen and oxygen atoms in total. The van der Waals surface area contributed by atoms with Crippen molar-refractivity contribution in [2.45, 2.75) is 6.42 Å². The molecule has 2 aromatic rings. The zero-order valence-electron chi connectivity index (χ0n) is 13.1. The molecule has 0 aromatic heterocycles. The van der Waals surface area contributed by atoms with Crippen LogP contribution in [0.4, 0.5) is 0 Å². The summed E-state index contributed by atoms with van der Waals surface area (Å²) < 4.78 is 16.3. The molecule has 24 heavy (non-hydrogen) atoms.